The van der Waals surface area contributed by atoms with Gasteiger partial charge in [-0.2, -0.15) is 0 Å². The second-order valence-electron chi connectivity index (χ2n) is 4.88. The maximum Gasteiger partial charge on any atom is 0.269 e. The molecule has 0 heterocycles. The molecule has 0 bridgehead atoms. The molecule has 6 nitrogen and oxygen atoms in total. The van der Waals surface area contributed by atoms with Crippen molar-refractivity contribution in [2.75, 3.05) is 6.54 Å². The fraction of sp³-hybridized carbons (Fsp3) is 0.500. The highest BCUT2D eigenvalue weighted by Crippen LogP contribution is 2.12. The number of carbonyl (C=O) groups is 1. The van der Waals surface area contributed by atoms with Crippen molar-refractivity contribution in [2.24, 2.45) is 11.7 Å². The van der Waals surface area contributed by atoms with Gasteiger partial charge in [0.1, 0.15) is 0 Å². The minimum atomic E-state index is -0.489. The number of amides is 1. The molecule has 1 aromatic rings. The summed E-state index contributed by atoms with van der Waals surface area (Å²) in [6.45, 7) is 4.41. The summed E-state index contributed by atoms with van der Waals surface area (Å²) in [6, 6.07) is 5.82. The van der Waals surface area contributed by atoms with E-state index in [2.05, 4.69) is 5.32 Å². The van der Waals surface area contributed by atoms with Crippen molar-refractivity contribution >= 4 is 11.6 Å². The summed E-state index contributed by atoms with van der Waals surface area (Å²) in [5.41, 5.74) is 6.82. The second-order valence-corrected chi connectivity index (χ2v) is 4.88. The number of hydrogen-bond acceptors (Lipinski definition) is 4. The van der Waals surface area contributed by atoms with Crippen LogP contribution in [0, 0.1) is 16.0 Å². The number of nitrogens with zero attached hydrogens (tertiary/aromatic N) is 1. The number of benzene rings is 1. The number of nitro groups is 1. The van der Waals surface area contributed by atoms with Crippen molar-refractivity contribution in [1.29, 1.82) is 0 Å². The Kier molecular flexibility index (Phi) is 6.11. The van der Waals surface area contributed by atoms with Crippen molar-refractivity contribution in [3.8, 4) is 0 Å². The van der Waals surface area contributed by atoms with Crippen LogP contribution in [-0.4, -0.2) is 23.4 Å². The van der Waals surface area contributed by atoms with Crippen LogP contribution < -0.4 is 11.1 Å². The Labute approximate surface area is 118 Å². The molecule has 0 aliphatic carbocycles. The average Bonchev–Trinajstić information content (AvgIpc) is 2.45. The zero-order valence-corrected chi connectivity index (χ0v) is 11.8. The van der Waals surface area contributed by atoms with Gasteiger partial charge in [0.2, 0.25) is 5.91 Å². The van der Waals surface area contributed by atoms with E-state index < -0.39 is 11.0 Å². The van der Waals surface area contributed by atoms with Crippen LogP contribution in [0.4, 0.5) is 5.69 Å². The quantitative estimate of drug-likeness (QED) is 0.585. The Bertz CT molecular complexity index is 459. The number of rotatable bonds is 7. The predicted molar refractivity (Wildman–Crippen MR) is 77.2 cm³/mol. The van der Waals surface area contributed by atoms with Gasteiger partial charge in [0.25, 0.3) is 5.69 Å². The summed E-state index contributed by atoms with van der Waals surface area (Å²) in [4.78, 5) is 21.8. The van der Waals surface area contributed by atoms with E-state index in [1.807, 2.05) is 13.8 Å². The number of hydrogen-bond donors (Lipinski definition) is 2. The maximum atomic E-state index is 11.8. The van der Waals surface area contributed by atoms with E-state index in [0.29, 0.717) is 13.0 Å². The van der Waals surface area contributed by atoms with Gasteiger partial charge in [-0.3, -0.25) is 14.9 Å². The van der Waals surface area contributed by atoms with E-state index in [0.717, 1.165) is 12.0 Å². The summed E-state index contributed by atoms with van der Waals surface area (Å²) in [5, 5.41) is 13.3. The molecule has 0 spiro atoms. The zero-order chi connectivity index (χ0) is 15.1. The highest BCUT2D eigenvalue weighted by Gasteiger charge is 2.18. The largest absolute Gasteiger partial charge is 0.354 e. The molecule has 0 radical (unpaired) electrons. The molecule has 1 amide bonds. The van der Waals surface area contributed by atoms with E-state index in [9.17, 15) is 14.9 Å². The van der Waals surface area contributed by atoms with Gasteiger partial charge in [0, 0.05) is 18.7 Å². The molecule has 0 saturated heterocycles. The molecular weight excluding hydrogens is 258 g/mol. The van der Waals surface area contributed by atoms with E-state index in [1.165, 1.54) is 12.1 Å². The number of nitro benzene ring substituents is 1. The van der Waals surface area contributed by atoms with Crippen molar-refractivity contribution < 1.29 is 9.72 Å². The highest BCUT2D eigenvalue weighted by molar-refractivity contribution is 5.81. The van der Waals surface area contributed by atoms with Gasteiger partial charge in [-0.05, 0) is 17.9 Å². The third-order valence-corrected chi connectivity index (χ3v) is 3.42. The molecule has 3 N–H and O–H groups in total. The monoisotopic (exact) mass is 279 g/mol. The van der Waals surface area contributed by atoms with Gasteiger partial charge in [0.05, 0.1) is 11.0 Å². The van der Waals surface area contributed by atoms with Crippen molar-refractivity contribution in [1.82, 2.24) is 5.32 Å². The smallest absolute Gasteiger partial charge is 0.269 e. The number of nitrogens with two attached hydrogens (primary N) is 1. The van der Waals surface area contributed by atoms with Crippen LogP contribution in [0.5, 0.6) is 0 Å². The molecular formula is C14H21N3O3. The lowest BCUT2D eigenvalue weighted by molar-refractivity contribution is -0.384. The number of nitrogens with one attached hydrogen (secondary N) is 1. The summed E-state index contributed by atoms with van der Waals surface area (Å²) < 4.78 is 0. The molecule has 0 fully saturated rings. The molecule has 110 valence electrons. The lowest BCUT2D eigenvalue weighted by Gasteiger charge is -2.17. The summed E-state index contributed by atoms with van der Waals surface area (Å²) in [7, 11) is 0. The van der Waals surface area contributed by atoms with E-state index in [4.69, 9.17) is 5.73 Å². The first-order valence-corrected chi connectivity index (χ1v) is 6.72. The Hall–Kier alpha value is -1.95. The van der Waals surface area contributed by atoms with Gasteiger partial charge in [-0.1, -0.05) is 32.4 Å². The minimum Gasteiger partial charge on any atom is -0.354 e. The van der Waals surface area contributed by atoms with Gasteiger partial charge < -0.3 is 11.1 Å². The van der Waals surface area contributed by atoms with Crippen LogP contribution >= 0.6 is 0 Å². The van der Waals surface area contributed by atoms with E-state index in [-0.39, 0.29) is 17.5 Å². The Morgan fingerprint density at radius 1 is 1.40 bits per heavy atom. The molecule has 0 aliphatic heterocycles. The normalized spacial score (nSPS) is 13.6. The summed E-state index contributed by atoms with van der Waals surface area (Å²) in [5.74, 6) is -0.00404. The molecule has 6 heteroatoms. The molecule has 0 aliphatic rings. The van der Waals surface area contributed by atoms with E-state index in [1.54, 1.807) is 12.1 Å². The molecule has 0 saturated carbocycles. The van der Waals surface area contributed by atoms with Gasteiger partial charge in [-0.25, -0.2) is 0 Å². The topological polar surface area (TPSA) is 98.3 Å². The zero-order valence-electron chi connectivity index (χ0n) is 11.8. The van der Waals surface area contributed by atoms with Gasteiger partial charge in [0.15, 0.2) is 0 Å². The Balaban J connectivity index is 2.40. The predicted octanol–water partition coefficient (Wildman–Crippen LogP) is 1.63. The van der Waals surface area contributed by atoms with Gasteiger partial charge in [-0.15, -0.1) is 0 Å². The first-order valence-electron chi connectivity index (χ1n) is 6.72. The lowest BCUT2D eigenvalue weighted by Crippen LogP contribution is -2.45. The van der Waals surface area contributed by atoms with Crippen molar-refractivity contribution in [3.05, 3.63) is 39.9 Å². The number of non-ortho nitro benzene ring substituents is 1. The average molecular weight is 279 g/mol. The SMILES string of the molecule is CCC(C)C(N)C(=O)NCCc1ccc([N+](=O)[O-])cc1. The molecule has 1 rings (SSSR count). The molecule has 1 aromatic carbocycles. The van der Waals surface area contributed by atoms with E-state index >= 15 is 0 Å². The third-order valence-electron chi connectivity index (χ3n) is 3.42. The van der Waals surface area contributed by atoms with Crippen molar-refractivity contribution in [2.45, 2.75) is 32.7 Å². The highest BCUT2D eigenvalue weighted by atomic mass is 16.6. The Morgan fingerprint density at radius 2 is 2.00 bits per heavy atom. The van der Waals surface area contributed by atoms with Crippen LogP contribution in [0.15, 0.2) is 24.3 Å². The minimum absolute atomic E-state index is 0.0663. The first kappa shape index (κ1) is 16.1. The van der Waals surface area contributed by atoms with Crippen molar-refractivity contribution in [3.63, 3.8) is 0 Å². The van der Waals surface area contributed by atoms with Crippen LogP contribution in [0.25, 0.3) is 0 Å². The van der Waals surface area contributed by atoms with Crippen LogP contribution in [0.3, 0.4) is 0 Å². The molecule has 2 unspecified atom stereocenters. The van der Waals surface area contributed by atoms with Crippen LogP contribution in [0.1, 0.15) is 25.8 Å². The third kappa shape index (κ3) is 4.62. The molecule has 2 atom stereocenters. The van der Waals surface area contributed by atoms with Crippen LogP contribution in [-0.2, 0) is 11.2 Å². The summed E-state index contributed by atoms with van der Waals surface area (Å²) >= 11 is 0. The standard InChI is InChI=1S/C14H21N3O3/c1-3-10(2)13(15)14(18)16-9-8-11-4-6-12(7-5-11)17(19)20/h4-7,10,13H,3,8-9,15H2,1-2H3,(H,16,18). The molecule has 20 heavy (non-hydrogen) atoms. The fourth-order valence-electron chi connectivity index (χ4n) is 1.74. The lowest BCUT2D eigenvalue weighted by atomic mass is 9.99. The number of carbonyl (C=O) groups excluding carboxylic acids is 1. The second kappa shape index (κ2) is 7.59. The summed E-state index contributed by atoms with van der Waals surface area (Å²) in [6.07, 6.45) is 1.48. The van der Waals surface area contributed by atoms with Gasteiger partial charge >= 0.3 is 0 Å². The first-order chi connectivity index (χ1) is 9.45. The fourth-order valence-corrected chi connectivity index (χ4v) is 1.74. The maximum absolute atomic E-state index is 11.8. The Morgan fingerprint density at radius 3 is 2.50 bits per heavy atom. The van der Waals surface area contributed by atoms with Crippen LogP contribution in [0.2, 0.25) is 0 Å². The molecule has 0 aromatic heterocycles.